The van der Waals surface area contributed by atoms with Crippen LogP contribution in [-0.4, -0.2) is 4.57 Å². The quantitative estimate of drug-likeness (QED) is 0.199. The lowest BCUT2D eigenvalue weighted by Crippen LogP contribution is -1.94. The molecule has 0 N–H and O–H groups in total. The number of hydrogen-bond donors (Lipinski definition) is 0. The average molecular weight is 570 g/mol. The number of nitrogens with zero attached hydrogens (tertiary/aromatic N) is 1. The Morgan fingerprint density at radius 3 is 1.80 bits per heavy atom. The van der Waals surface area contributed by atoms with Gasteiger partial charge in [-0.05, 0) is 97.1 Å². The van der Waals surface area contributed by atoms with Gasteiger partial charge in [-0.2, -0.15) is 0 Å². The summed E-state index contributed by atoms with van der Waals surface area (Å²) in [6.45, 7) is 0. The normalized spacial score (nSPS) is 12.0. The van der Waals surface area contributed by atoms with E-state index in [-0.39, 0.29) is 0 Å². The summed E-state index contributed by atoms with van der Waals surface area (Å²) >= 11 is 0. The van der Waals surface area contributed by atoms with Crippen LogP contribution in [0, 0.1) is 0 Å². The zero-order chi connectivity index (χ0) is 29.5. The summed E-state index contributed by atoms with van der Waals surface area (Å²) in [5.74, 6) is 0. The lowest BCUT2D eigenvalue weighted by Gasteiger charge is -2.13. The molecule has 1 aliphatic rings. The fourth-order valence-corrected chi connectivity index (χ4v) is 7.73. The first-order valence-electron chi connectivity index (χ1n) is 15.6. The minimum atomic E-state index is 1.18. The van der Waals surface area contributed by atoms with Gasteiger partial charge in [-0.1, -0.05) is 127 Å². The zero-order valence-corrected chi connectivity index (χ0v) is 24.5. The predicted molar refractivity (Wildman–Crippen MR) is 191 cm³/mol. The van der Waals surface area contributed by atoms with Crippen molar-refractivity contribution in [1.29, 1.82) is 0 Å². The number of para-hydroxylation sites is 2. The molecule has 45 heavy (non-hydrogen) atoms. The molecule has 208 valence electrons. The van der Waals surface area contributed by atoms with Crippen LogP contribution >= 0.6 is 0 Å². The van der Waals surface area contributed by atoms with Crippen molar-refractivity contribution in [2.24, 2.45) is 0 Å². The van der Waals surface area contributed by atoms with E-state index in [1.54, 1.807) is 0 Å². The summed E-state index contributed by atoms with van der Waals surface area (Å²) in [5, 5.41) is 7.75. The topological polar surface area (TPSA) is 4.93 Å². The summed E-state index contributed by atoms with van der Waals surface area (Å²) in [6, 6.07) is 60.2. The number of rotatable bonds is 3. The molecule has 1 nitrogen and oxygen atoms in total. The smallest absolute Gasteiger partial charge is 0.0619 e. The molecule has 0 saturated carbocycles. The largest absolute Gasteiger partial charge is 0.309 e. The monoisotopic (exact) mass is 569 g/mol. The van der Waals surface area contributed by atoms with Crippen LogP contribution in [0.1, 0.15) is 0 Å². The predicted octanol–water partition coefficient (Wildman–Crippen LogP) is 12.1. The van der Waals surface area contributed by atoms with Crippen molar-refractivity contribution in [3.8, 4) is 50.2 Å². The van der Waals surface area contributed by atoms with Gasteiger partial charge < -0.3 is 4.57 Å². The molecule has 0 spiro atoms. The summed E-state index contributed by atoms with van der Waals surface area (Å²) in [5.41, 5.74) is 14.0. The van der Waals surface area contributed by atoms with Crippen molar-refractivity contribution in [2.75, 3.05) is 0 Å². The van der Waals surface area contributed by atoms with Gasteiger partial charge in [-0.3, -0.25) is 0 Å². The van der Waals surface area contributed by atoms with Gasteiger partial charge >= 0.3 is 0 Å². The zero-order valence-electron chi connectivity index (χ0n) is 24.5. The van der Waals surface area contributed by atoms with Crippen molar-refractivity contribution in [1.82, 2.24) is 4.57 Å². The van der Waals surface area contributed by atoms with E-state index in [4.69, 9.17) is 0 Å². The Kier molecular flexibility index (Phi) is 5.06. The molecule has 0 aliphatic heterocycles. The Hall–Kier alpha value is -5.92. The summed E-state index contributed by atoms with van der Waals surface area (Å²) < 4.78 is 2.42. The Morgan fingerprint density at radius 1 is 0.333 bits per heavy atom. The van der Waals surface area contributed by atoms with Crippen molar-refractivity contribution in [3.63, 3.8) is 0 Å². The van der Waals surface area contributed by atoms with Crippen LogP contribution in [-0.2, 0) is 0 Å². The molecule has 0 fully saturated rings. The molecule has 9 aromatic rings. The standard InChI is InChI=1S/C44H27N/c1-2-12-32(13-3-1)45-42-20-9-8-17-36(42)41-27-39(35-16-6-7-18-38(35)44(41)45)29-23-21-28(22-24-29)31-25-30-11-10-19-37-33-14-4-5-15-34(33)40(26-31)43(30)37/h1-27H. The van der Waals surface area contributed by atoms with Crippen molar-refractivity contribution >= 4 is 43.4 Å². The Balaban J connectivity index is 1.16. The second kappa shape index (κ2) is 9.29. The lowest BCUT2D eigenvalue weighted by molar-refractivity contribution is 1.19. The van der Waals surface area contributed by atoms with Gasteiger partial charge in [0.05, 0.1) is 11.0 Å². The molecule has 0 unspecified atom stereocenters. The Labute approximate surface area is 261 Å². The maximum absolute atomic E-state index is 2.42. The van der Waals surface area contributed by atoms with Crippen molar-refractivity contribution in [3.05, 3.63) is 164 Å². The van der Waals surface area contributed by atoms with Crippen LogP contribution in [0.25, 0.3) is 93.5 Å². The van der Waals surface area contributed by atoms with Gasteiger partial charge in [0.2, 0.25) is 0 Å². The third kappa shape index (κ3) is 3.50. The lowest BCUT2D eigenvalue weighted by atomic mass is 9.92. The van der Waals surface area contributed by atoms with Gasteiger partial charge in [-0.25, -0.2) is 0 Å². The van der Waals surface area contributed by atoms with E-state index >= 15 is 0 Å². The minimum absolute atomic E-state index is 1.18. The maximum Gasteiger partial charge on any atom is 0.0619 e. The van der Waals surface area contributed by atoms with Gasteiger partial charge in [0, 0.05) is 21.8 Å². The third-order valence-electron chi connectivity index (χ3n) is 9.70. The SMILES string of the molecule is c1ccc(-n2c3ccccc3c3cc(-c4ccc(-c5cc6c7c(cccc7c5)-c5ccccc5-6)cc4)c4ccccc4c32)cc1. The molecule has 1 aromatic heterocycles. The van der Waals surface area contributed by atoms with Crippen molar-refractivity contribution in [2.45, 2.75) is 0 Å². The summed E-state index contributed by atoms with van der Waals surface area (Å²) in [7, 11) is 0. The molecule has 10 rings (SSSR count). The van der Waals surface area contributed by atoms with E-state index in [0.29, 0.717) is 0 Å². The van der Waals surface area contributed by atoms with E-state index < -0.39 is 0 Å². The molecule has 0 bridgehead atoms. The Morgan fingerprint density at radius 2 is 0.978 bits per heavy atom. The number of benzene rings is 8. The van der Waals surface area contributed by atoms with Gasteiger partial charge in [-0.15, -0.1) is 0 Å². The molecular formula is C44H27N. The molecule has 0 amide bonds. The first-order valence-corrected chi connectivity index (χ1v) is 15.6. The fourth-order valence-electron chi connectivity index (χ4n) is 7.73. The third-order valence-corrected chi connectivity index (χ3v) is 9.70. The van der Waals surface area contributed by atoms with Gasteiger partial charge in [0.25, 0.3) is 0 Å². The van der Waals surface area contributed by atoms with Crippen LogP contribution in [0.15, 0.2) is 164 Å². The maximum atomic E-state index is 2.42. The fraction of sp³-hybridized carbons (Fsp3) is 0. The van der Waals surface area contributed by atoms with Crippen molar-refractivity contribution < 1.29 is 0 Å². The van der Waals surface area contributed by atoms with Crippen LogP contribution in [0.2, 0.25) is 0 Å². The number of aromatic nitrogens is 1. The van der Waals surface area contributed by atoms with E-state index in [1.165, 1.54) is 93.5 Å². The van der Waals surface area contributed by atoms with E-state index in [9.17, 15) is 0 Å². The second-order valence-corrected chi connectivity index (χ2v) is 12.1. The highest BCUT2D eigenvalue weighted by molar-refractivity contribution is 6.22. The highest BCUT2D eigenvalue weighted by Crippen LogP contribution is 2.49. The molecule has 0 saturated heterocycles. The molecular weight excluding hydrogens is 542 g/mol. The molecule has 1 aliphatic carbocycles. The van der Waals surface area contributed by atoms with Gasteiger partial charge in [0.1, 0.15) is 0 Å². The molecule has 0 radical (unpaired) electrons. The van der Waals surface area contributed by atoms with E-state index in [2.05, 4.69) is 168 Å². The molecule has 1 heterocycles. The first-order chi connectivity index (χ1) is 22.3. The van der Waals surface area contributed by atoms with E-state index in [1.807, 2.05) is 0 Å². The van der Waals surface area contributed by atoms with Crippen LogP contribution in [0.5, 0.6) is 0 Å². The summed E-state index contributed by atoms with van der Waals surface area (Å²) in [6.07, 6.45) is 0. The highest BCUT2D eigenvalue weighted by atomic mass is 15.0. The molecule has 1 heteroatoms. The minimum Gasteiger partial charge on any atom is -0.309 e. The van der Waals surface area contributed by atoms with Crippen LogP contribution < -0.4 is 0 Å². The van der Waals surface area contributed by atoms with Crippen LogP contribution in [0.4, 0.5) is 0 Å². The first kappa shape index (κ1) is 24.5. The molecule has 0 atom stereocenters. The van der Waals surface area contributed by atoms with Crippen LogP contribution in [0.3, 0.4) is 0 Å². The summed E-state index contributed by atoms with van der Waals surface area (Å²) in [4.78, 5) is 0. The average Bonchev–Trinajstić information content (AvgIpc) is 3.62. The second-order valence-electron chi connectivity index (χ2n) is 12.1. The van der Waals surface area contributed by atoms with Gasteiger partial charge in [0.15, 0.2) is 0 Å². The highest BCUT2D eigenvalue weighted by Gasteiger charge is 2.22. The van der Waals surface area contributed by atoms with E-state index in [0.717, 1.165) is 0 Å². The number of fused-ring (bicyclic) bond motifs is 8. The Bertz CT molecular complexity index is 2620. The number of hydrogen-bond acceptors (Lipinski definition) is 0. The molecule has 8 aromatic carbocycles.